The van der Waals surface area contributed by atoms with Crippen LogP contribution in [-0.2, 0) is 16.0 Å². The van der Waals surface area contributed by atoms with Gasteiger partial charge in [-0.3, -0.25) is 9.59 Å². The molecule has 7 nitrogen and oxygen atoms in total. The van der Waals surface area contributed by atoms with Crippen LogP contribution in [0, 0.1) is 6.92 Å². The van der Waals surface area contributed by atoms with Crippen LogP contribution in [0.2, 0.25) is 0 Å². The molecule has 0 saturated carbocycles. The number of nitrogens with one attached hydrogen (secondary N) is 2. The molecule has 0 bridgehead atoms. The summed E-state index contributed by atoms with van der Waals surface area (Å²) >= 11 is 0. The maximum atomic E-state index is 12.0. The van der Waals surface area contributed by atoms with Crippen LogP contribution in [0.25, 0.3) is 0 Å². The molecule has 0 aliphatic heterocycles. The van der Waals surface area contributed by atoms with Crippen molar-refractivity contribution in [3.63, 3.8) is 0 Å². The maximum absolute atomic E-state index is 12.0. The van der Waals surface area contributed by atoms with Gasteiger partial charge >= 0.3 is 0 Å². The summed E-state index contributed by atoms with van der Waals surface area (Å²) in [5.74, 6) is 1.41. The second-order valence-electron chi connectivity index (χ2n) is 7.88. The molecule has 0 aromatic heterocycles. The highest BCUT2D eigenvalue weighted by atomic mass is 16.5. The van der Waals surface area contributed by atoms with Crippen molar-refractivity contribution in [2.45, 2.75) is 46.0 Å². The molecule has 0 aliphatic rings. The molecule has 2 rings (SSSR count). The van der Waals surface area contributed by atoms with E-state index in [1.807, 2.05) is 43.3 Å². The Hall–Kier alpha value is -3.35. The zero-order chi connectivity index (χ0) is 23.5. The Morgan fingerprint density at radius 1 is 1.06 bits per heavy atom. The fraction of sp³-hybridized carbons (Fsp3) is 0.400. The van der Waals surface area contributed by atoms with Crippen molar-refractivity contribution in [3.05, 3.63) is 58.7 Å². The van der Waals surface area contributed by atoms with Gasteiger partial charge < -0.3 is 14.8 Å². The first-order valence-corrected chi connectivity index (χ1v) is 10.7. The first-order valence-electron chi connectivity index (χ1n) is 10.7. The van der Waals surface area contributed by atoms with E-state index in [0.29, 0.717) is 18.8 Å². The van der Waals surface area contributed by atoms with E-state index in [2.05, 4.69) is 29.7 Å². The van der Waals surface area contributed by atoms with Gasteiger partial charge in [0.25, 0.3) is 5.91 Å². The van der Waals surface area contributed by atoms with Gasteiger partial charge in [0.2, 0.25) is 5.91 Å². The molecule has 172 valence electrons. The predicted octanol–water partition coefficient (Wildman–Crippen LogP) is 3.72. The van der Waals surface area contributed by atoms with Gasteiger partial charge in [-0.05, 0) is 72.2 Å². The van der Waals surface area contributed by atoms with E-state index < -0.39 is 0 Å². The summed E-state index contributed by atoms with van der Waals surface area (Å²) in [6, 6.07) is 11.7. The van der Waals surface area contributed by atoms with E-state index in [9.17, 15) is 9.59 Å². The van der Waals surface area contributed by atoms with Gasteiger partial charge in [0.05, 0.1) is 27.0 Å². The largest absolute Gasteiger partial charge is 0.497 e. The molecule has 0 unspecified atom stereocenters. The number of rotatable bonds is 11. The Morgan fingerprint density at radius 2 is 1.78 bits per heavy atom. The van der Waals surface area contributed by atoms with Gasteiger partial charge in [-0.2, -0.15) is 5.10 Å². The average Bonchev–Trinajstić information content (AvgIpc) is 2.78. The summed E-state index contributed by atoms with van der Waals surface area (Å²) in [7, 11) is 3.28. The lowest BCUT2D eigenvalue weighted by Crippen LogP contribution is -2.34. The van der Waals surface area contributed by atoms with Crippen LogP contribution < -0.4 is 20.2 Å². The number of aryl methyl sites for hydroxylation is 2. The number of hydrogen-bond donors (Lipinski definition) is 2. The number of hydrazone groups is 1. The molecule has 2 amide bonds. The molecule has 32 heavy (non-hydrogen) atoms. The lowest BCUT2D eigenvalue weighted by molar-refractivity contribution is -0.126. The van der Waals surface area contributed by atoms with Crippen LogP contribution in [0.5, 0.6) is 11.5 Å². The van der Waals surface area contributed by atoms with Crippen molar-refractivity contribution in [2.24, 2.45) is 5.10 Å². The fourth-order valence-corrected chi connectivity index (χ4v) is 3.21. The van der Waals surface area contributed by atoms with Crippen LogP contribution in [0.15, 0.2) is 41.5 Å². The molecule has 0 saturated heterocycles. The van der Waals surface area contributed by atoms with Crippen molar-refractivity contribution in [1.29, 1.82) is 0 Å². The normalized spacial score (nSPS) is 10.9. The molecule has 0 aliphatic carbocycles. The van der Waals surface area contributed by atoms with E-state index in [1.54, 1.807) is 20.4 Å². The number of amides is 2. The first kappa shape index (κ1) is 24.9. The van der Waals surface area contributed by atoms with Crippen molar-refractivity contribution >= 4 is 18.0 Å². The number of nitrogens with zero attached hydrogens (tertiary/aromatic N) is 1. The van der Waals surface area contributed by atoms with E-state index >= 15 is 0 Å². The number of benzene rings is 2. The van der Waals surface area contributed by atoms with E-state index in [-0.39, 0.29) is 18.4 Å². The Morgan fingerprint density at radius 3 is 2.41 bits per heavy atom. The van der Waals surface area contributed by atoms with Crippen LogP contribution in [0.4, 0.5) is 0 Å². The highest BCUT2D eigenvalue weighted by molar-refractivity contribution is 5.87. The zero-order valence-electron chi connectivity index (χ0n) is 19.5. The van der Waals surface area contributed by atoms with Crippen LogP contribution in [-0.4, -0.2) is 38.8 Å². The van der Waals surface area contributed by atoms with E-state index in [1.165, 1.54) is 0 Å². The maximum Gasteiger partial charge on any atom is 0.259 e. The zero-order valence-corrected chi connectivity index (χ0v) is 19.5. The standard InChI is InChI=1S/C25H33N3O4/c1-17(2)22-14-20(18(3)13-23(22)32-5)15-27-28-25(30)16-26-24(29)8-6-7-19-9-11-21(31-4)12-10-19/h9-15,17H,6-8,16H2,1-5H3,(H,26,29)(H,28,30)/b27-15+. The van der Waals surface area contributed by atoms with Crippen LogP contribution in [0.1, 0.15) is 54.9 Å². The summed E-state index contributed by atoms with van der Waals surface area (Å²) in [6.45, 7) is 6.03. The number of carbonyl (C=O) groups is 2. The van der Waals surface area contributed by atoms with Gasteiger partial charge in [-0.25, -0.2) is 5.43 Å². The molecule has 0 radical (unpaired) electrons. The van der Waals surface area contributed by atoms with Gasteiger partial charge in [0.15, 0.2) is 0 Å². The Balaban J connectivity index is 1.75. The van der Waals surface area contributed by atoms with Gasteiger partial charge in [-0.15, -0.1) is 0 Å². The van der Waals surface area contributed by atoms with Gasteiger partial charge in [-0.1, -0.05) is 26.0 Å². The fourth-order valence-electron chi connectivity index (χ4n) is 3.21. The third kappa shape index (κ3) is 7.72. The Kier molecular flexibility index (Phi) is 9.73. The number of ether oxygens (including phenoxy) is 2. The monoisotopic (exact) mass is 439 g/mol. The molecule has 0 atom stereocenters. The molecule has 0 fully saturated rings. The van der Waals surface area contributed by atoms with Gasteiger partial charge in [0, 0.05) is 6.42 Å². The minimum absolute atomic E-state index is 0.114. The van der Waals surface area contributed by atoms with Gasteiger partial charge in [0.1, 0.15) is 11.5 Å². The summed E-state index contributed by atoms with van der Waals surface area (Å²) in [4.78, 5) is 24.0. The molecule has 2 aromatic rings. The highest BCUT2D eigenvalue weighted by Crippen LogP contribution is 2.29. The smallest absolute Gasteiger partial charge is 0.259 e. The average molecular weight is 440 g/mol. The number of methoxy groups -OCH3 is 2. The van der Waals surface area contributed by atoms with E-state index in [4.69, 9.17) is 9.47 Å². The third-order valence-electron chi connectivity index (χ3n) is 5.11. The molecule has 2 aromatic carbocycles. The topological polar surface area (TPSA) is 89.0 Å². The Labute approximate surface area is 190 Å². The summed E-state index contributed by atoms with van der Waals surface area (Å²) < 4.78 is 10.6. The number of hydrogen-bond acceptors (Lipinski definition) is 5. The SMILES string of the molecule is COc1ccc(CCCC(=O)NCC(=O)N/N=C/c2cc(C(C)C)c(OC)cc2C)cc1. The minimum Gasteiger partial charge on any atom is -0.497 e. The molecule has 2 N–H and O–H groups in total. The minimum atomic E-state index is -0.375. The summed E-state index contributed by atoms with van der Waals surface area (Å²) in [5, 5.41) is 6.65. The molecule has 0 spiro atoms. The lowest BCUT2D eigenvalue weighted by atomic mass is 9.97. The van der Waals surface area contributed by atoms with Crippen molar-refractivity contribution < 1.29 is 19.1 Å². The molecule has 7 heteroatoms. The van der Waals surface area contributed by atoms with E-state index in [0.717, 1.165) is 40.2 Å². The third-order valence-corrected chi connectivity index (χ3v) is 5.11. The van der Waals surface area contributed by atoms with Crippen molar-refractivity contribution in [2.75, 3.05) is 20.8 Å². The highest BCUT2D eigenvalue weighted by Gasteiger charge is 2.10. The van der Waals surface area contributed by atoms with Crippen LogP contribution >= 0.6 is 0 Å². The second-order valence-corrected chi connectivity index (χ2v) is 7.88. The number of carbonyl (C=O) groups excluding carboxylic acids is 2. The second kappa shape index (κ2) is 12.5. The summed E-state index contributed by atoms with van der Waals surface area (Å²) in [5.41, 5.74) is 6.57. The molecular weight excluding hydrogens is 406 g/mol. The molecular formula is C25H33N3O4. The quantitative estimate of drug-likeness (QED) is 0.412. The molecule has 0 heterocycles. The lowest BCUT2D eigenvalue weighted by Gasteiger charge is -2.14. The summed E-state index contributed by atoms with van der Waals surface area (Å²) in [6.07, 6.45) is 3.45. The first-order chi connectivity index (χ1) is 15.3. The predicted molar refractivity (Wildman–Crippen MR) is 126 cm³/mol. The Bertz CT molecular complexity index is 937. The van der Waals surface area contributed by atoms with Crippen LogP contribution in [0.3, 0.4) is 0 Å². The van der Waals surface area contributed by atoms with Crippen molar-refractivity contribution in [3.8, 4) is 11.5 Å². The van der Waals surface area contributed by atoms with Crippen molar-refractivity contribution in [1.82, 2.24) is 10.7 Å².